The molecule has 19 heavy (non-hydrogen) atoms. The Morgan fingerprint density at radius 1 is 1.47 bits per heavy atom. The van der Waals surface area contributed by atoms with Crippen LogP contribution in [0.4, 0.5) is 10.1 Å². The van der Waals surface area contributed by atoms with Crippen LogP contribution in [0.2, 0.25) is 0 Å². The second kappa shape index (κ2) is 5.96. The summed E-state index contributed by atoms with van der Waals surface area (Å²) >= 11 is 0. The molecule has 0 saturated heterocycles. The van der Waals surface area contributed by atoms with Crippen molar-refractivity contribution in [1.29, 1.82) is 0 Å². The van der Waals surface area contributed by atoms with Gasteiger partial charge < -0.3 is 15.7 Å². The molecular formula is C12H14FN5O. The van der Waals surface area contributed by atoms with Crippen LogP contribution in [0, 0.1) is 5.82 Å². The number of para-hydroxylation sites is 1. The lowest BCUT2D eigenvalue weighted by molar-refractivity contribution is 0.0954. The number of benzene rings is 1. The number of carbonyl (C=O) groups excluding carboxylic acids is 1. The number of H-pyrrole nitrogens is 1. The van der Waals surface area contributed by atoms with Crippen molar-refractivity contribution >= 4 is 11.6 Å². The normalized spacial score (nSPS) is 10.2. The number of nitrogen functional groups attached to an aromatic ring is 1. The van der Waals surface area contributed by atoms with Crippen LogP contribution in [-0.2, 0) is 6.42 Å². The van der Waals surface area contributed by atoms with E-state index in [-0.39, 0.29) is 17.2 Å². The zero-order valence-corrected chi connectivity index (χ0v) is 10.1. The van der Waals surface area contributed by atoms with Gasteiger partial charge in [-0.1, -0.05) is 6.07 Å². The van der Waals surface area contributed by atoms with E-state index in [1.165, 1.54) is 18.2 Å². The van der Waals surface area contributed by atoms with Crippen molar-refractivity contribution in [3.05, 3.63) is 47.8 Å². The fourth-order valence-corrected chi connectivity index (χ4v) is 1.68. The Morgan fingerprint density at radius 2 is 2.32 bits per heavy atom. The number of imidazole rings is 1. The number of hydrazine groups is 1. The molecule has 1 aromatic carbocycles. The number of rotatable bonds is 5. The third-order valence-corrected chi connectivity index (χ3v) is 2.60. The van der Waals surface area contributed by atoms with E-state index >= 15 is 0 Å². The first-order chi connectivity index (χ1) is 9.22. The lowest BCUT2D eigenvalue weighted by Gasteiger charge is -2.09. The highest BCUT2D eigenvalue weighted by atomic mass is 19.1. The Hall–Kier alpha value is -2.41. The minimum atomic E-state index is -0.568. The number of aromatic amines is 1. The quantitative estimate of drug-likeness (QED) is 0.474. The molecule has 2 aromatic rings. The molecule has 1 aromatic heterocycles. The highest BCUT2D eigenvalue weighted by Crippen LogP contribution is 2.18. The molecule has 0 unspecified atom stereocenters. The average Bonchev–Trinajstić information content (AvgIpc) is 2.91. The van der Waals surface area contributed by atoms with Crippen LogP contribution in [0.5, 0.6) is 0 Å². The number of nitrogens with two attached hydrogens (primary N) is 1. The van der Waals surface area contributed by atoms with Crippen LogP contribution in [0.3, 0.4) is 0 Å². The van der Waals surface area contributed by atoms with Gasteiger partial charge >= 0.3 is 0 Å². The number of aromatic nitrogens is 2. The van der Waals surface area contributed by atoms with Crippen LogP contribution in [-0.4, -0.2) is 22.4 Å². The standard InChI is InChI=1S/C12H14FN5O/c13-9-3-1-2-8(11(9)18-14)12(19)17-5-4-10-15-6-7-16-10/h1-3,6-7,18H,4-5,14H2,(H,15,16)(H,17,19). The van der Waals surface area contributed by atoms with Crippen LogP contribution in [0.25, 0.3) is 0 Å². The fourth-order valence-electron chi connectivity index (χ4n) is 1.68. The number of nitrogens with zero attached hydrogens (tertiary/aromatic N) is 1. The van der Waals surface area contributed by atoms with Crippen molar-refractivity contribution in [2.45, 2.75) is 6.42 Å². The lowest BCUT2D eigenvalue weighted by atomic mass is 10.1. The first-order valence-corrected chi connectivity index (χ1v) is 5.74. The minimum Gasteiger partial charge on any atom is -0.352 e. The molecule has 0 aliphatic heterocycles. The number of carbonyl (C=O) groups is 1. The van der Waals surface area contributed by atoms with Gasteiger partial charge in [0.1, 0.15) is 11.6 Å². The van der Waals surface area contributed by atoms with Crippen LogP contribution >= 0.6 is 0 Å². The van der Waals surface area contributed by atoms with E-state index < -0.39 is 5.82 Å². The molecule has 2 rings (SSSR count). The number of anilines is 1. The first kappa shape index (κ1) is 13.0. The summed E-state index contributed by atoms with van der Waals surface area (Å²) in [4.78, 5) is 18.9. The predicted molar refractivity (Wildman–Crippen MR) is 68.8 cm³/mol. The molecule has 0 spiro atoms. The van der Waals surface area contributed by atoms with Crippen molar-refractivity contribution in [3.8, 4) is 0 Å². The van der Waals surface area contributed by atoms with Gasteiger partial charge in [-0.05, 0) is 12.1 Å². The molecule has 7 heteroatoms. The Bertz CT molecular complexity index is 555. The van der Waals surface area contributed by atoms with Crippen molar-refractivity contribution < 1.29 is 9.18 Å². The van der Waals surface area contributed by atoms with Gasteiger partial charge in [-0.3, -0.25) is 10.6 Å². The van der Waals surface area contributed by atoms with Crippen molar-refractivity contribution in [3.63, 3.8) is 0 Å². The van der Waals surface area contributed by atoms with Gasteiger partial charge in [0, 0.05) is 25.4 Å². The second-order valence-corrected chi connectivity index (χ2v) is 3.85. The monoisotopic (exact) mass is 263 g/mol. The molecule has 0 aliphatic rings. The van der Waals surface area contributed by atoms with E-state index in [0.717, 1.165) is 5.82 Å². The number of hydrogen-bond acceptors (Lipinski definition) is 4. The highest BCUT2D eigenvalue weighted by molar-refractivity contribution is 5.99. The summed E-state index contributed by atoms with van der Waals surface area (Å²) in [5.41, 5.74) is 2.35. The molecule has 1 amide bonds. The fraction of sp³-hybridized carbons (Fsp3) is 0.167. The van der Waals surface area contributed by atoms with Gasteiger partial charge in [0.2, 0.25) is 0 Å². The average molecular weight is 263 g/mol. The molecule has 100 valence electrons. The number of amides is 1. The second-order valence-electron chi connectivity index (χ2n) is 3.85. The van der Waals surface area contributed by atoms with E-state index in [9.17, 15) is 9.18 Å². The van der Waals surface area contributed by atoms with Gasteiger partial charge in [-0.2, -0.15) is 0 Å². The summed E-state index contributed by atoms with van der Waals surface area (Å²) < 4.78 is 13.4. The van der Waals surface area contributed by atoms with Crippen LogP contribution < -0.4 is 16.6 Å². The molecule has 1 heterocycles. The number of hydrogen-bond donors (Lipinski definition) is 4. The SMILES string of the molecule is NNc1c(F)cccc1C(=O)NCCc1ncc[nH]1. The maximum atomic E-state index is 13.4. The maximum Gasteiger partial charge on any atom is 0.253 e. The third-order valence-electron chi connectivity index (χ3n) is 2.60. The molecule has 0 atom stereocenters. The number of halogens is 1. The topological polar surface area (TPSA) is 95.8 Å². The molecule has 0 aliphatic carbocycles. The summed E-state index contributed by atoms with van der Waals surface area (Å²) in [7, 11) is 0. The summed E-state index contributed by atoms with van der Waals surface area (Å²) in [5, 5.41) is 2.68. The number of nitrogens with one attached hydrogen (secondary N) is 3. The third kappa shape index (κ3) is 3.08. The molecule has 0 saturated carbocycles. The first-order valence-electron chi connectivity index (χ1n) is 5.74. The van der Waals surface area contributed by atoms with Gasteiger partial charge in [0.15, 0.2) is 0 Å². The van der Waals surface area contributed by atoms with Gasteiger partial charge in [-0.25, -0.2) is 9.37 Å². The molecule has 6 nitrogen and oxygen atoms in total. The van der Waals surface area contributed by atoms with Gasteiger partial charge in [-0.15, -0.1) is 0 Å². The Morgan fingerprint density at radius 3 is 3.00 bits per heavy atom. The van der Waals surface area contributed by atoms with E-state index in [1.54, 1.807) is 12.4 Å². The van der Waals surface area contributed by atoms with E-state index in [0.29, 0.717) is 13.0 Å². The smallest absolute Gasteiger partial charge is 0.253 e. The van der Waals surface area contributed by atoms with Crippen molar-refractivity contribution in [1.82, 2.24) is 15.3 Å². The molecule has 0 bridgehead atoms. The summed E-state index contributed by atoms with van der Waals surface area (Å²) in [6.45, 7) is 0.396. The van der Waals surface area contributed by atoms with Gasteiger partial charge in [0.25, 0.3) is 5.91 Å². The summed E-state index contributed by atoms with van der Waals surface area (Å²) in [6.07, 6.45) is 3.92. The van der Waals surface area contributed by atoms with Crippen LogP contribution in [0.15, 0.2) is 30.6 Å². The minimum absolute atomic E-state index is 0.0157. The Balaban J connectivity index is 1.98. The highest BCUT2D eigenvalue weighted by Gasteiger charge is 2.13. The van der Waals surface area contributed by atoms with E-state index in [1.807, 2.05) is 0 Å². The Labute approximate surface area is 109 Å². The van der Waals surface area contributed by atoms with Gasteiger partial charge in [0.05, 0.1) is 11.3 Å². The maximum absolute atomic E-state index is 13.4. The predicted octanol–water partition coefficient (Wildman–Crippen LogP) is 0.807. The molecule has 0 radical (unpaired) electrons. The van der Waals surface area contributed by atoms with Crippen LogP contribution in [0.1, 0.15) is 16.2 Å². The molecular weight excluding hydrogens is 249 g/mol. The van der Waals surface area contributed by atoms with Crippen molar-refractivity contribution in [2.24, 2.45) is 5.84 Å². The Kier molecular flexibility index (Phi) is 4.09. The van der Waals surface area contributed by atoms with Crippen molar-refractivity contribution in [2.75, 3.05) is 12.0 Å². The summed E-state index contributed by atoms with van der Waals surface area (Å²) in [6, 6.07) is 4.19. The van der Waals surface area contributed by atoms with E-state index in [2.05, 4.69) is 20.7 Å². The largest absolute Gasteiger partial charge is 0.352 e. The van der Waals surface area contributed by atoms with E-state index in [4.69, 9.17) is 5.84 Å². The molecule has 0 fully saturated rings. The lowest BCUT2D eigenvalue weighted by Crippen LogP contribution is -2.27. The molecule has 5 N–H and O–H groups in total. The summed E-state index contributed by atoms with van der Waals surface area (Å²) in [5.74, 6) is 5.03. The zero-order chi connectivity index (χ0) is 13.7. The zero-order valence-electron chi connectivity index (χ0n) is 10.1.